The monoisotopic (exact) mass is 268 g/mol. The minimum atomic E-state index is -0.194. The lowest BCUT2D eigenvalue weighted by atomic mass is 9.94. The first-order valence-corrected chi connectivity index (χ1v) is 6.39. The lowest BCUT2D eigenvalue weighted by Gasteiger charge is -2.35. The largest absolute Gasteiger partial charge is 0.378 e. The van der Waals surface area contributed by atoms with Gasteiger partial charge in [0, 0.05) is 19.8 Å². The van der Waals surface area contributed by atoms with Crippen LogP contribution in [0.15, 0.2) is 10.8 Å². The second-order valence-corrected chi connectivity index (χ2v) is 5.38. The molecule has 0 aromatic carbocycles. The molecule has 1 N–H and O–H groups in total. The molecule has 6 heteroatoms. The normalized spacial score (nSPS) is 22.2. The van der Waals surface area contributed by atoms with Gasteiger partial charge in [0.15, 0.2) is 0 Å². The Morgan fingerprint density at radius 2 is 2.42 bits per heavy atom. The van der Waals surface area contributed by atoms with Crippen molar-refractivity contribution >= 4 is 5.91 Å². The van der Waals surface area contributed by atoms with Crippen LogP contribution in [0.25, 0.3) is 0 Å². The van der Waals surface area contributed by atoms with Crippen molar-refractivity contribution in [3.8, 4) is 0 Å². The standard InChI is InChI=1S/C13H20N2O4/c1-13(2)6-9(4-5-18-13)14-12(16)10-7-19-15-11(10)8-17-3/h7,9H,4-6,8H2,1-3H3,(H,14,16)/t9-/m0/s1. The summed E-state index contributed by atoms with van der Waals surface area (Å²) in [6.45, 7) is 4.98. The molecule has 0 saturated carbocycles. The van der Waals surface area contributed by atoms with E-state index in [0.29, 0.717) is 17.9 Å². The maximum absolute atomic E-state index is 12.2. The van der Waals surface area contributed by atoms with Crippen LogP contribution in [0.5, 0.6) is 0 Å². The lowest BCUT2D eigenvalue weighted by Crippen LogP contribution is -2.45. The number of carbonyl (C=O) groups is 1. The van der Waals surface area contributed by atoms with Gasteiger partial charge in [0.2, 0.25) is 0 Å². The molecule has 1 amide bonds. The van der Waals surface area contributed by atoms with Crippen molar-refractivity contribution in [2.24, 2.45) is 0 Å². The molecule has 6 nitrogen and oxygen atoms in total. The molecule has 1 aliphatic rings. The van der Waals surface area contributed by atoms with E-state index >= 15 is 0 Å². The zero-order chi connectivity index (χ0) is 13.9. The van der Waals surface area contributed by atoms with E-state index in [9.17, 15) is 4.79 Å². The summed E-state index contributed by atoms with van der Waals surface area (Å²) in [7, 11) is 1.55. The molecule has 2 heterocycles. The van der Waals surface area contributed by atoms with Gasteiger partial charge in [-0.15, -0.1) is 0 Å². The van der Waals surface area contributed by atoms with Crippen LogP contribution < -0.4 is 5.32 Å². The van der Waals surface area contributed by atoms with Crippen molar-refractivity contribution in [3.63, 3.8) is 0 Å². The van der Waals surface area contributed by atoms with E-state index in [0.717, 1.165) is 12.8 Å². The fourth-order valence-corrected chi connectivity index (χ4v) is 2.30. The fourth-order valence-electron chi connectivity index (χ4n) is 2.30. The van der Waals surface area contributed by atoms with Gasteiger partial charge in [0.05, 0.1) is 12.2 Å². The van der Waals surface area contributed by atoms with E-state index in [2.05, 4.69) is 10.5 Å². The lowest BCUT2D eigenvalue weighted by molar-refractivity contribution is -0.0615. The number of hydrogen-bond donors (Lipinski definition) is 1. The predicted octanol–water partition coefficient (Wildman–Crippen LogP) is 1.51. The summed E-state index contributed by atoms with van der Waals surface area (Å²) in [5, 5.41) is 6.76. The summed E-state index contributed by atoms with van der Waals surface area (Å²) in [4.78, 5) is 12.2. The quantitative estimate of drug-likeness (QED) is 0.896. The first-order valence-electron chi connectivity index (χ1n) is 6.39. The average molecular weight is 268 g/mol. The second kappa shape index (κ2) is 5.71. The molecule has 1 atom stereocenters. The molecule has 1 aromatic rings. The Morgan fingerprint density at radius 1 is 1.63 bits per heavy atom. The smallest absolute Gasteiger partial charge is 0.256 e. The Hall–Kier alpha value is -1.40. The minimum Gasteiger partial charge on any atom is -0.378 e. The Bertz CT molecular complexity index is 442. The van der Waals surface area contributed by atoms with Gasteiger partial charge in [-0.2, -0.15) is 0 Å². The Kier molecular flexibility index (Phi) is 4.21. The van der Waals surface area contributed by atoms with E-state index in [1.165, 1.54) is 6.26 Å². The average Bonchev–Trinajstić information content (AvgIpc) is 2.76. The first kappa shape index (κ1) is 14.0. The highest BCUT2D eigenvalue weighted by Crippen LogP contribution is 2.24. The molecule has 1 fully saturated rings. The number of rotatable bonds is 4. The summed E-state index contributed by atoms with van der Waals surface area (Å²) in [5.41, 5.74) is 0.762. The van der Waals surface area contributed by atoms with E-state index in [4.69, 9.17) is 14.0 Å². The van der Waals surface area contributed by atoms with Gasteiger partial charge >= 0.3 is 0 Å². The van der Waals surface area contributed by atoms with Crippen LogP contribution in [0, 0.1) is 0 Å². The van der Waals surface area contributed by atoms with Crippen molar-refractivity contribution in [1.29, 1.82) is 0 Å². The number of hydrogen-bond acceptors (Lipinski definition) is 5. The molecular weight excluding hydrogens is 248 g/mol. The van der Waals surface area contributed by atoms with E-state index in [1.807, 2.05) is 13.8 Å². The number of ether oxygens (including phenoxy) is 2. The summed E-state index contributed by atoms with van der Waals surface area (Å²) in [6, 6.07) is 0.113. The summed E-state index contributed by atoms with van der Waals surface area (Å²) < 4.78 is 15.4. The van der Waals surface area contributed by atoms with Gasteiger partial charge in [-0.1, -0.05) is 5.16 Å². The van der Waals surface area contributed by atoms with Crippen molar-refractivity contribution in [3.05, 3.63) is 17.5 Å². The maximum Gasteiger partial charge on any atom is 0.256 e. The van der Waals surface area contributed by atoms with Crippen LogP contribution >= 0.6 is 0 Å². The van der Waals surface area contributed by atoms with Crippen molar-refractivity contribution in [2.45, 2.75) is 44.9 Å². The minimum absolute atomic E-state index is 0.113. The maximum atomic E-state index is 12.2. The molecule has 1 saturated heterocycles. The van der Waals surface area contributed by atoms with E-state index in [-0.39, 0.29) is 24.2 Å². The van der Waals surface area contributed by atoms with Gasteiger partial charge in [0.1, 0.15) is 17.5 Å². The molecule has 2 rings (SSSR count). The molecule has 0 spiro atoms. The number of aromatic nitrogens is 1. The highest BCUT2D eigenvalue weighted by atomic mass is 16.5. The van der Waals surface area contributed by atoms with Gasteiger partial charge in [-0.05, 0) is 26.7 Å². The molecule has 0 unspecified atom stereocenters. The zero-order valence-electron chi connectivity index (χ0n) is 11.6. The zero-order valence-corrected chi connectivity index (χ0v) is 11.6. The van der Waals surface area contributed by atoms with E-state index < -0.39 is 0 Å². The molecule has 1 aromatic heterocycles. The molecule has 19 heavy (non-hydrogen) atoms. The summed E-state index contributed by atoms with van der Waals surface area (Å²) in [5.74, 6) is -0.170. The number of amides is 1. The van der Waals surface area contributed by atoms with Gasteiger partial charge in [-0.25, -0.2) is 0 Å². The van der Waals surface area contributed by atoms with Gasteiger partial charge < -0.3 is 19.3 Å². The van der Waals surface area contributed by atoms with Crippen molar-refractivity contribution < 1.29 is 18.8 Å². The third kappa shape index (κ3) is 3.54. The number of nitrogens with one attached hydrogen (secondary N) is 1. The van der Waals surface area contributed by atoms with Gasteiger partial charge in [-0.3, -0.25) is 4.79 Å². The van der Waals surface area contributed by atoms with Crippen LogP contribution in [-0.4, -0.2) is 36.4 Å². The van der Waals surface area contributed by atoms with E-state index in [1.54, 1.807) is 7.11 Å². The molecule has 0 aliphatic carbocycles. The highest BCUT2D eigenvalue weighted by Gasteiger charge is 2.30. The highest BCUT2D eigenvalue weighted by molar-refractivity contribution is 5.95. The third-order valence-corrected chi connectivity index (χ3v) is 3.20. The molecular formula is C13H20N2O4. The predicted molar refractivity (Wildman–Crippen MR) is 67.7 cm³/mol. The number of methoxy groups -OCH3 is 1. The second-order valence-electron chi connectivity index (χ2n) is 5.38. The van der Waals surface area contributed by atoms with Crippen LogP contribution in [0.3, 0.4) is 0 Å². The Morgan fingerprint density at radius 3 is 3.11 bits per heavy atom. The first-order chi connectivity index (χ1) is 9.02. The SMILES string of the molecule is COCc1nocc1C(=O)N[C@H]1CCOC(C)(C)C1. The number of carbonyl (C=O) groups excluding carboxylic acids is 1. The van der Waals surface area contributed by atoms with Crippen LogP contribution in [0.1, 0.15) is 42.7 Å². The number of nitrogens with zero attached hydrogens (tertiary/aromatic N) is 1. The third-order valence-electron chi connectivity index (χ3n) is 3.20. The summed E-state index contributed by atoms with van der Waals surface area (Å²) in [6.07, 6.45) is 2.97. The molecule has 106 valence electrons. The molecule has 0 radical (unpaired) electrons. The van der Waals surface area contributed by atoms with Crippen LogP contribution in [0.2, 0.25) is 0 Å². The van der Waals surface area contributed by atoms with Crippen LogP contribution in [-0.2, 0) is 16.1 Å². The Labute approximate surface area is 112 Å². The topological polar surface area (TPSA) is 73.6 Å². The molecule has 0 bridgehead atoms. The van der Waals surface area contributed by atoms with Crippen molar-refractivity contribution in [1.82, 2.24) is 10.5 Å². The van der Waals surface area contributed by atoms with Crippen molar-refractivity contribution in [2.75, 3.05) is 13.7 Å². The Balaban J connectivity index is 1.98. The van der Waals surface area contributed by atoms with Gasteiger partial charge in [0.25, 0.3) is 5.91 Å². The molecule has 1 aliphatic heterocycles. The fraction of sp³-hybridized carbons (Fsp3) is 0.692. The van der Waals surface area contributed by atoms with Crippen LogP contribution in [0.4, 0.5) is 0 Å². The summed E-state index contributed by atoms with van der Waals surface area (Å²) >= 11 is 0.